The van der Waals surface area contributed by atoms with E-state index in [1.165, 1.54) is 10.8 Å². The summed E-state index contributed by atoms with van der Waals surface area (Å²) in [5.41, 5.74) is 10.8. The van der Waals surface area contributed by atoms with Gasteiger partial charge in [-0.15, -0.1) is 0 Å². The van der Waals surface area contributed by atoms with Gasteiger partial charge in [0.1, 0.15) is 12.1 Å². The third kappa shape index (κ3) is 5.84. The first kappa shape index (κ1) is 20.5. The largest absolute Gasteiger partial charge is 0.368 e. The van der Waals surface area contributed by atoms with Crippen molar-refractivity contribution in [3.63, 3.8) is 0 Å². The van der Waals surface area contributed by atoms with Gasteiger partial charge in [0, 0.05) is 29.2 Å². The van der Waals surface area contributed by atoms with Crippen LogP contribution in [0, 0.1) is 0 Å². The van der Waals surface area contributed by atoms with Crippen molar-refractivity contribution in [2.75, 3.05) is 12.3 Å². The second-order valence-corrected chi connectivity index (χ2v) is 9.24. The lowest BCUT2D eigenvalue weighted by molar-refractivity contribution is -0.145. The van der Waals surface area contributed by atoms with Gasteiger partial charge < -0.3 is 16.8 Å². The lowest BCUT2D eigenvalue weighted by Gasteiger charge is -2.26. The molecule has 1 rings (SSSR count). The second-order valence-electron chi connectivity index (χ2n) is 6.08. The van der Waals surface area contributed by atoms with Crippen LogP contribution in [0.5, 0.6) is 0 Å². The maximum Gasteiger partial charge on any atom is 0.254 e. The third-order valence-electron chi connectivity index (χ3n) is 2.88. The van der Waals surface area contributed by atoms with E-state index < -0.39 is 35.7 Å². The molecule has 10 heteroatoms. The molecule has 0 aromatic rings. The number of hydrogen-bond acceptors (Lipinski definition) is 7. The number of amides is 4. The van der Waals surface area contributed by atoms with E-state index in [0.29, 0.717) is 0 Å². The molecule has 0 aromatic heterocycles. The van der Waals surface area contributed by atoms with Crippen LogP contribution in [0.1, 0.15) is 20.8 Å². The molecule has 0 aliphatic carbocycles. The molecule has 0 saturated carbocycles. The third-order valence-corrected chi connectivity index (χ3v) is 6.23. The number of nitrogens with zero attached hydrogens (tertiary/aromatic N) is 1. The Kier molecular flexibility index (Phi) is 7.30. The molecule has 0 fully saturated rings. The van der Waals surface area contributed by atoms with Crippen LogP contribution in [0.25, 0.3) is 0 Å². The van der Waals surface area contributed by atoms with Crippen molar-refractivity contribution in [2.45, 2.75) is 37.6 Å². The Labute approximate surface area is 148 Å². The van der Waals surface area contributed by atoms with Gasteiger partial charge in [-0.1, -0.05) is 42.4 Å². The summed E-state index contributed by atoms with van der Waals surface area (Å²) in [5, 5.41) is 2.47. The van der Waals surface area contributed by atoms with E-state index in [9.17, 15) is 19.2 Å². The van der Waals surface area contributed by atoms with E-state index in [4.69, 9.17) is 11.5 Å². The smallest absolute Gasteiger partial charge is 0.254 e. The molecule has 1 heterocycles. The van der Waals surface area contributed by atoms with E-state index in [1.807, 2.05) is 20.8 Å². The molecule has 0 radical (unpaired) electrons. The fourth-order valence-corrected chi connectivity index (χ4v) is 4.27. The highest BCUT2D eigenvalue weighted by molar-refractivity contribution is 8.77. The number of nitrogens with one attached hydrogen (secondary N) is 1. The first-order chi connectivity index (χ1) is 11.1. The minimum absolute atomic E-state index is 0.0171. The molecule has 4 amide bonds. The first-order valence-corrected chi connectivity index (χ1v) is 9.54. The van der Waals surface area contributed by atoms with Crippen LogP contribution in [0.15, 0.2) is 12.2 Å². The second kappa shape index (κ2) is 8.54. The fourth-order valence-electron chi connectivity index (χ4n) is 1.79. The topological polar surface area (TPSA) is 136 Å². The van der Waals surface area contributed by atoms with Crippen molar-refractivity contribution < 1.29 is 19.2 Å². The molecule has 24 heavy (non-hydrogen) atoms. The highest BCUT2D eigenvalue weighted by Gasteiger charge is 2.36. The maximum atomic E-state index is 12.3. The Morgan fingerprint density at radius 1 is 1.25 bits per heavy atom. The zero-order valence-corrected chi connectivity index (χ0v) is 15.4. The van der Waals surface area contributed by atoms with Crippen LogP contribution in [0.3, 0.4) is 0 Å². The minimum atomic E-state index is -1.18. The van der Waals surface area contributed by atoms with Gasteiger partial charge in [0.05, 0.1) is 0 Å². The number of hydrogen-bond donors (Lipinski definition) is 3. The summed E-state index contributed by atoms with van der Waals surface area (Å²) in [4.78, 5) is 48.0. The highest BCUT2D eigenvalue weighted by atomic mass is 33.1. The van der Waals surface area contributed by atoms with Crippen LogP contribution in [-0.2, 0) is 19.2 Å². The number of carbonyl (C=O) groups excluding carboxylic acids is 4. The van der Waals surface area contributed by atoms with E-state index >= 15 is 0 Å². The molecule has 8 nitrogen and oxygen atoms in total. The predicted molar refractivity (Wildman–Crippen MR) is 94.8 cm³/mol. The van der Waals surface area contributed by atoms with Gasteiger partial charge in [0.2, 0.25) is 11.8 Å². The first-order valence-electron chi connectivity index (χ1n) is 7.22. The zero-order valence-electron chi connectivity index (χ0n) is 13.8. The number of imide groups is 1. The lowest BCUT2D eigenvalue weighted by atomic mass is 10.2. The monoisotopic (exact) mass is 374 g/mol. The van der Waals surface area contributed by atoms with Gasteiger partial charge in [-0.3, -0.25) is 24.1 Å². The van der Waals surface area contributed by atoms with Crippen LogP contribution in [0.2, 0.25) is 0 Å². The van der Waals surface area contributed by atoms with Crippen molar-refractivity contribution >= 4 is 45.2 Å². The van der Waals surface area contributed by atoms with Gasteiger partial charge in [0.25, 0.3) is 11.8 Å². The predicted octanol–water partition coefficient (Wildman–Crippen LogP) is -0.611. The van der Waals surface area contributed by atoms with Crippen LogP contribution in [-0.4, -0.2) is 57.7 Å². The molecule has 134 valence electrons. The zero-order chi connectivity index (χ0) is 18.5. The molecule has 2 atom stereocenters. The number of rotatable bonds is 8. The van der Waals surface area contributed by atoms with E-state index in [-0.39, 0.29) is 17.0 Å². The Hall–Kier alpha value is -1.52. The van der Waals surface area contributed by atoms with Crippen LogP contribution >= 0.6 is 21.6 Å². The van der Waals surface area contributed by atoms with E-state index in [2.05, 4.69) is 5.32 Å². The summed E-state index contributed by atoms with van der Waals surface area (Å²) in [6, 6.07) is -2.10. The summed E-state index contributed by atoms with van der Waals surface area (Å²) < 4.78 is -0.0171. The van der Waals surface area contributed by atoms with Crippen molar-refractivity contribution in [1.29, 1.82) is 0 Å². The molecule has 1 aliphatic heterocycles. The Bertz CT molecular complexity index is 541. The summed E-state index contributed by atoms with van der Waals surface area (Å²) in [5.74, 6) is -2.34. The molecule has 0 saturated heterocycles. The highest BCUT2D eigenvalue weighted by Crippen LogP contribution is 2.35. The molecule has 5 N–H and O–H groups in total. The molecule has 0 aromatic carbocycles. The normalized spacial score (nSPS) is 17.1. The Morgan fingerprint density at radius 3 is 2.21 bits per heavy atom. The van der Waals surface area contributed by atoms with Gasteiger partial charge in [-0.25, -0.2) is 0 Å². The molecular weight excluding hydrogens is 352 g/mol. The number of carbonyl (C=O) groups is 4. The summed E-state index contributed by atoms with van der Waals surface area (Å²) >= 11 is 0. The molecule has 1 aliphatic rings. The SMILES string of the molecule is CC(C)(C)SSCC(NC(=O)C(CN)N1C(=O)C=CC1=O)C(N)=O. The molecule has 2 unspecified atom stereocenters. The van der Waals surface area contributed by atoms with E-state index in [1.54, 1.807) is 10.8 Å². The van der Waals surface area contributed by atoms with E-state index in [0.717, 1.165) is 17.1 Å². The lowest BCUT2D eigenvalue weighted by Crippen LogP contribution is -2.57. The summed E-state index contributed by atoms with van der Waals surface area (Å²) in [7, 11) is 2.95. The molecule has 0 spiro atoms. The van der Waals surface area contributed by atoms with Crippen molar-refractivity contribution in [2.24, 2.45) is 11.5 Å². The van der Waals surface area contributed by atoms with Gasteiger partial charge in [-0.05, 0) is 0 Å². The summed E-state index contributed by atoms with van der Waals surface area (Å²) in [6.07, 6.45) is 2.14. The fraction of sp³-hybridized carbons (Fsp3) is 0.571. The molecule has 0 bridgehead atoms. The van der Waals surface area contributed by atoms with Crippen molar-refractivity contribution in [1.82, 2.24) is 10.2 Å². The average molecular weight is 374 g/mol. The number of primary amides is 1. The van der Waals surface area contributed by atoms with Gasteiger partial charge >= 0.3 is 0 Å². The van der Waals surface area contributed by atoms with Gasteiger partial charge in [-0.2, -0.15) is 0 Å². The average Bonchev–Trinajstić information content (AvgIpc) is 2.78. The van der Waals surface area contributed by atoms with Crippen LogP contribution in [0.4, 0.5) is 0 Å². The Balaban J connectivity index is 2.71. The quantitative estimate of drug-likeness (QED) is 0.381. The number of nitrogens with two attached hydrogens (primary N) is 2. The molecular formula is C14H22N4O4S2. The van der Waals surface area contributed by atoms with Crippen molar-refractivity contribution in [3.05, 3.63) is 12.2 Å². The maximum absolute atomic E-state index is 12.3. The van der Waals surface area contributed by atoms with Gasteiger partial charge in [0.15, 0.2) is 0 Å². The standard InChI is InChI=1S/C14H22N4O4S2/c1-14(2,3)24-23-7-8(12(16)21)17-13(22)9(6-15)18-10(19)4-5-11(18)20/h4-5,8-9H,6-7,15H2,1-3H3,(H2,16,21)(H,17,22). The minimum Gasteiger partial charge on any atom is -0.368 e. The Morgan fingerprint density at radius 2 is 1.79 bits per heavy atom. The van der Waals surface area contributed by atoms with Crippen LogP contribution < -0.4 is 16.8 Å². The summed E-state index contributed by atoms with van der Waals surface area (Å²) in [6.45, 7) is 5.81. The van der Waals surface area contributed by atoms with Crippen molar-refractivity contribution in [3.8, 4) is 0 Å².